The second kappa shape index (κ2) is 2.00. The number of ether oxygens (including phenoxy) is 1. The quantitative estimate of drug-likeness (QED) is 0.458. The summed E-state index contributed by atoms with van der Waals surface area (Å²) in [6.45, 7) is 3.91. The van der Waals surface area contributed by atoms with Gasteiger partial charge in [-0.3, -0.25) is 0 Å². The smallest absolute Gasteiger partial charge is 0.0545 e. The molecule has 1 saturated heterocycles. The number of hydrogen-bond acceptors (Lipinski definition) is 1. The highest BCUT2D eigenvalue weighted by molar-refractivity contribution is 5.12. The van der Waals surface area contributed by atoms with Gasteiger partial charge in [-0.1, -0.05) is 0 Å². The average Bonchev–Trinajstić information content (AvgIpc) is 1.72. The standard InChI is InChI=1S/C9H12O/c1-2-3-8-4-9(5-8)6-10-7-9/h8H,4-7H2,1H3. The van der Waals surface area contributed by atoms with Gasteiger partial charge in [-0.25, -0.2) is 0 Å². The van der Waals surface area contributed by atoms with Crippen molar-refractivity contribution in [3.05, 3.63) is 0 Å². The van der Waals surface area contributed by atoms with E-state index < -0.39 is 0 Å². The van der Waals surface area contributed by atoms with Gasteiger partial charge in [0.2, 0.25) is 0 Å². The van der Waals surface area contributed by atoms with Crippen LogP contribution in [-0.4, -0.2) is 13.2 Å². The van der Waals surface area contributed by atoms with Crippen molar-refractivity contribution in [2.24, 2.45) is 11.3 Å². The van der Waals surface area contributed by atoms with E-state index in [2.05, 4.69) is 11.8 Å². The molecule has 0 radical (unpaired) electrons. The summed E-state index contributed by atoms with van der Waals surface area (Å²) in [5.41, 5.74) is 0.592. The Morgan fingerprint density at radius 2 is 2.10 bits per heavy atom. The van der Waals surface area contributed by atoms with Crippen molar-refractivity contribution in [2.75, 3.05) is 13.2 Å². The second-order valence-electron chi connectivity index (χ2n) is 3.49. The molecule has 2 rings (SSSR count). The van der Waals surface area contributed by atoms with E-state index in [9.17, 15) is 0 Å². The summed E-state index contributed by atoms with van der Waals surface area (Å²) >= 11 is 0. The van der Waals surface area contributed by atoms with Crippen LogP contribution in [-0.2, 0) is 4.74 Å². The highest BCUT2D eigenvalue weighted by Crippen LogP contribution is 2.50. The van der Waals surface area contributed by atoms with Gasteiger partial charge < -0.3 is 4.74 Å². The van der Waals surface area contributed by atoms with Crippen LogP contribution in [0, 0.1) is 23.2 Å². The zero-order valence-electron chi connectivity index (χ0n) is 6.31. The molecule has 0 bridgehead atoms. The molecule has 0 atom stereocenters. The zero-order chi connectivity index (χ0) is 7.03. The Kier molecular flexibility index (Phi) is 1.25. The molecule has 1 heterocycles. The van der Waals surface area contributed by atoms with Crippen molar-refractivity contribution in [1.29, 1.82) is 0 Å². The molecule has 1 spiro atoms. The van der Waals surface area contributed by atoms with Gasteiger partial charge in [0.05, 0.1) is 13.2 Å². The van der Waals surface area contributed by atoms with Gasteiger partial charge >= 0.3 is 0 Å². The maximum Gasteiger partial charge on any atom is 0.0545 e. The molecule has 1 heteroatoms. The van der Waals surface area contributed by atoms with Gasteiger partial charge in [0, 0.05) is 11.3 Å². The lowest BCUT2D eigenvalue weighted by molar-refractivity contribution is -0.169. The summed E-state index contributed by atoms with van der Waals surface area (Å²) in [5.74, 6) is 6.85. The zero-order valence-corrected chi connectivity index (χ0v) is 6.31. The lowest BCUT2D eigenvalue weighted by atomic mass is 9.61. The summed E-state index contributed by atoms with van der Waals surface area (Å²) in [7, 11) is 0. The number of rotatable bonds is 0. The van der Waals surface area contributed by atoms with Crippen LogP contribution in [0.15, 0.2) is 0 Å². The van der Waals surface area contributed by atoms with E-state index >= 15 is 0 Å². The topological polar surface area (TPSA) is 9.23 Å². The first-order chi connectivity index (χ1) is 4.85. The molecular weight excluding hydrogens is 124 g/mol. The summed E-state index contributed by atoms with van der Waals surface area (Å²) in [4.78, 5) is 0. The Bertz CT molecular complexity index is 185. The van der Waals surface area contributed by atoms with Gasteiger partial charge in [-0.05, 0) is 19.8 Å². The maximum absolute atomic E-state index is 5.16. The molecule has 10 heavy (non-hydrogen) atoms. The molecule has 0 aromatic heterocycles. The lowest BCUT2D eigenvalue weighted by Crippen LogP contribution is -2.51. The highest BCUT2D eigenvalue weighted by atomic mass is 16.5. The van der Waals surface area contributed by atoms with Crippen LogP contribution in [0.1, 0.15) is 19.8 Å². The summed E-state index contributed by atoms with van der Waals surface area (Å²) in [6.07, 6.45) is 2.57. The molecule has 1 nitrogen and oxygen atoms in total. The minimum atomic E-state index is 0.592. The minimum Gasteiger partial charge on any atom is -0.380 e. The Balaban J connectivity index is 1.86. The fourth-order valence-corrected chi connectivity index (χ4v) is 1.92. The van der Waals surface area contributed by atoms with Crippen LogP contribution in [0.2, 0.25) is 0 Å². The SMILES string of the molecule is CC#CC1CC2(COC2)C1. The normalized spacial score (nSPS) is 28.1. The van der Waals surface area contributed by atoms with Gasteiger partial charge in [-0.15, -0.1) is 11.8 Å². The van der Waals surface area contributed by atoms with Crippen molar-refractivity contribution in [1.82, 2.24) is 0 Å². The maximum atomic E-state index is 5.16. The van der Waals surface area contributed by atoms with Crippen LogP contribution < -0.4 is 0 Å². The third-order valence-electron chi connectivity index (χ3n) is 2.52. The largest absolute Gasteiger partial charge is 0.380 e. The Labute approximate surface area is 61.8 Å². The Morgan fingerprint density at radius 3 is 2.50 bits per heavy atom. The third kappa shape index (κ3) is 0.759. The minimum absolute atomic E-state index is 0.592. The molecule has 54 valence electrons. The van der Waals surface area contributed by atoms with Crippen LogP contribution in [0.25, 0.3) is 0 Å². The molecule has 1 aliphatic heterocycles. The molecule has 1 aliphatic carbocycles. The third-order valence-corrected chi connectivity index (χ3v) is 2.52. The molecule has 0 aromatic rings. The van der Waals surface area contributed by atoms with Crippen LogP contribution in [0.3, 0.4) is 0 Å². The highest BCUT2D eigenvalue weighted by Gasteiger charge is 2.49. The molecule has 0 amide bonds. The Hall–Kier alpha value is -0.480. The second-order valence-corrected chi connectivity index (χ2v) is 3.49. The van der Waals surface area contributed by atoms with Gasteiger partial charge in [0.25, 0.3) is 0 Å². The summed E-state index contributed by atoms with van der Waals surface area (Å²) in [6, 6.07) is 0. The first-order valence-electron chi connectivity index (χ1n) is 3.85. The van der Waals surface area contributed by atoms with Crippen molar-refractivity contribution >= 4 is 0 Å². The molecule has 2 fully saturated rings. The van der Waals surface area contributed by atoms with E-state index in [-0.39, 0.29) is 0 Å². The van der Waals surface area contributed by atoms with E-state index in [4.69, 9.17) is 4.74 Å². The summed E-state index contributed by atoms with van der Waals surface area (Å²) < 4.78 is 5.16. The predicted molar refractivity (Wildman–Crippen MR) is 39.4 cm³/mol. The molecule has 2 aliphatic rings. The lowest BCUT2D eigenvalue weighted by Gasteiger charge is -2.51. The molecular formula is C9H12O. The first-order valence-corrected chi connectivity index (χ1v) is 3.85. The van der Waals surface area contributed by atoms with Crippen LogP contribution in [0.4, 0.5) is 0 Å². The van der Waals surface area contributed by atoms with Crippen molar-refractivity contribution < 1.29 is 4.74 Å². The number of hydrogen-bond donors (Lipinski definition) is 0. The van der Waals surface area contributed by atoms with Crippen molar-refractivity contribution in [3.63, 3.8) is 0 Å². The predicted octanol–water partition coefficient (Wildman–Crippen LogP) is 1.44. The first kappa shape index (κ1) is 6.24. The van der Waals surface area contributed by atoms with Gasteiger partial charge in [0.15, 0.2) is 0 Å². The van der Waals surface area contributed by atoms with Crippen LogP contribution >= 0.6 is 0 Å². The molecule has 0 unspecified atom stereocenters. The van der Waals surface area contributed by atoms with E-state index in [1.807, 2.05) is 6.92 Å². The van der Waals surface area contributed by atoms with E-state index in [0.29, 0.717) is 11.3 Å². The monoisotopic (exact) mass is 136 g/mol. The van der Waals surface area contributed by atoms with Crippen molar-refractivity contribution in [3.8, 4) is 11.8 Å². The van der Waals surface area contributed by atoms with E-state index in [1.54, 1.807) is 0 Å². The van der Waals surface area contributed by atoms with Crippen molar-refractivity contribution in [2.45, 2.75) is 19.8 Å². The van der Waals surface area contributed by atoms with E-state index in [0.717, 1.165) is 13.2 Å². The van der Waals surface area contributed by atoms with Crippen LogP contribution in [0.5, 0.6) is 0 Å². The molecule has 1 saturated carbocycles. The molecule has 0 aromatic carbocycles. The van der Waals surface area contributed by atoms with Gasteiger partial charge in [0.1, 0.15) is 0 Å². The summed E-state index contributed by atoms with van der Waals surface area (Å²) in [5, 5.41) is 0. The fraction of sp³-hybridized carbons (Fsp3) is 0.778. The van der Waals surface area contributed by atoms with E-state index in [1.165, 1.54) is 12.8 Å². The fourth-order valence-electron chi connectivity index (χ4n) is 1.92. The Morgan fingerprint density at radius 1 is 1.40 bits per heavy atom. The molecule has 0 N–H and O–H groups in total. The average molecular weight is 136 g/mol. The van der Waals surface area contributed by atoms with Gasteiger partial charge in [-0.2, -0.15) is 0 Å².